The first kappa shape index (κ1) is 12.0. The molecule has 0 amide bonds. The van der Waals surface area contributed by atoms with Crippen molar-refractivity contribution in [2.75, 3.05) is 0 Å². The monoisotopic (exact) mass is 238 g/mol. The average molecular weight is 238 g/mol. The number of hydrogen-bond donors (Lipinski definition) is 1. The zero-order valence-electron chi connectivity index (χ0n) is 9.87. The zero-order chi connectivity index (χ0) is 12.8. The molecule has 0 saturated heterocycles. The van der Waals surface area contributed by atoms with Gasteiger partial charge >= 0.3 is 0 Å². The Labute approximate surface area is 98.8 Å². The van der Waals surface area contributed by atoms with Crippen molar-refractivity contribution in [2.24, 2.45) is 5.73 Å². The minimum atomic E-state index is -0.667. The van der Waals surface area contributed by atoms with Crippen molar-refractivity contribution < 1.29 is 9.31 Å². The molecule has 2 N–H and O–H groups in total. The molecule has 2 rings (SSSR count). The first-order valence-corrected chi connectivity index (χ1v) is 5.52. The normalized spacial score (nSPS) is 17.9. The molecule has 17 heavy (non-hydrogen) atoms. The van der Waals surface area contributed by atoms with Crippen molar-refractivity contribution in [3.63, 3.8) is 0 Å². The molecule has 0 radical (unpaired) electrons. The van der Waals surface area contributed by atoms with E-state index in [-0.39, 0.29) is 11.3 Å². The molecule has 0 aromatic heterocycles. The average Bonchev–Trinajstić information content (AvgIpc) is 2.96. The van der Waals surface area contributed by atoms with Gasteiger partial charge in [-0.15, -0.1) is 0 Å². The van der Waals surface area contributed by atoms with Crippen LogP contribution in [-0.2, 0) is 5.41 Å². The lowest BCUT2D eigenvalue weighted by Gasteiger charge is -2.31. The van der Waals surface area contributed by atoms with E-state index in [2.05, 4.69) is 0 Å². The predicted molar refractivity (Wildman–Crippen MR) is 62.2 cm³/mol. The van der Waals surface area contributed by atoms with Gasteiger partial charge in [0.05, 0.1) is 10.5 Å². The summed E-state index contributed by atoms with van der Waals surface area (Å²) in [4.78, 5) is 10.4. The van der Waals surface area contributed by atoms with Crippen molar-refractivity contribution in [1.29, 1.82) is 0 Å². The van der Waals surface area contributed by atoms with E-state index in [1.54, 1.807) is 13.8 Å². The number of nitro groups is 1. The molecular formula is C12H15FN2O2. The molecule has 5 heteroatoms. The molecule has 1 aliphatic rings. The lowest BCUT2D eigenvalue weighted by molar-refractivity contribution is -0.386. The Morgan fingerprint density at radius 1 is 1.47 bits per heavy atom. The molecule has 0 atom stereocenters. The highest BCUT2D eigenvalue weighted by molar-refractivity contribution is 5.51. The SMILES string of the molecule is CC(C)(N)C1(c2c(F)cccc2[N+](=O)[O-])CC1. The van der Waals surface area contributed by atoms with E-state index in [1.165, 1.54) is 18.2 Å². The van der Waals surface area contributed by atoms with Crippen LogP contribution in [0.3, 0.4) is 0 Å². The van der Waals surface area contributed by atoms with Crippen molar-refractivity contribution in [1.82, 2.24) is 0 Å². The molecule has 1 aromatic rings. The van der Waals surface area contributed by atoms with Crippen LogP contribution in [0.4, 0.5) is 10.1 Å². The Balaban J connectivity index is 2.64. The molecule has 0 aliphatic heterocycles. The lowest BCUT2D eigenvalue weighted by Crippen LogP contribution is -2.46. The summed E-state index contributed by atoms with van der Waals surface area (Å²) >= 11 is 0. The van der Waals surface area contributed by atoms with Crippen LogP contribution < -0.4 is 5.73 Å². The summed E-state index contributed by atoms with van der Waals surface area (Å²) in [5.41, 5.74) is 4.79. The van der Waals surface area contributed by atoms with Crippen LogP contribution in [0.1, 0.15) is 32.3 Å². The van der Waals surface area contributed by atoms with Crippen LogP contribution >= 0.6 is 0 Å². The van der Waals surface area contributed by atoms with Gasteiger partial charge in [0.2, 0.25) is 0 Å². The van der Waals surface area contributed by atoms with Gasteiger partial charge in [0.1, 0.15) is 5.82 Å². The Kier molecular flexibility index (Phi) is 2.47. The fourth-order valence-corrected chi connectivity index (χ4v) is 2.48. The zero-order valence-corrected chi connectivity index (χ0v) is 9.87. The van der Waals surface area contributed by atoms with E-state index in [0.717, 1.165) is 0 Å². The second-order valence-electron chi connectivity index (χ2n) is 5.19. The molecule has 0 spiro atoms. The van der Waals surface area contributed by atoms with Gasteiger partial charge in [-0.2, -0.15) is 0 Å². The van der Waals surface area contributed by atoms with Gasteiger partial charge in [-0.05, 0) is 32.8 Å². The molecule has 1 fully saturated rings. The third-order valence-corrected chi connectivity index (χ3v) is 3.65. The lowest BCUT2D eigenvalue weighted by atomic mass is 9.78. The van der Waals surface area contributed by atoms with Gasteiger partial charge in [0.15, 0.2) is 0 Å². The van der Waals surface area contributed by atoms with E-state index >= 15 is 0 Å². The van der Waals surface area contributed by atoms with Gasteiger partial charge in [-0.3, -0.25) is 10.1 Å². The van der Waals surface area contributed by atoms with Crippen LogP contribution in [0.2, 0.25) is 0 Å². The molecule has 0 unspecified atom stereocenters. The highest BCUT2D eigenvalue weighted by atomic mass is 19.1. The summed E-state index contributed by atoms with van der Waals surface area (Å²) in [5, 5.41) is 11.0. The number of halogens is 1. The smallest absolute Gasteiger partial charge is 0.276 e. The fraction of sp³-hybridized carbons (Fsp3) is 0.500. The van der Waals surface area contributed by atoms with Crippen LogP contribution in [0, 0.1) is 15.9 Å². The third kappa shape index (κ3) is 1.70. The van der Waals surface area contributed by atoms with Crippen molar-refractivity contribution in [3.8, 4) is 0 Å². The first-order valence-electron chi connectivity index (χ1n) is 5.52. The predicted octanol–water partition coefficient (Wildman–Crippen LogP) is 2.50. The number of hydrogen-bond acceptors (Lipinski definition) is 3. The molecule has 92 valence electrons. The Bertz CT molecular complexity index is 476. The van der Waals surface area contributed by atoms with E-state index in [0.29, 0.717) is 12.8 Å². The van der Waals surface area contributed by atoms with Gasteiger partial charge in [0.25, 0.3) is 5.69 Å². The summed E-state index contributed by atoms with van der Waals surface area (Å²) in [6.07, 6.45) is 1.39. The summed E-state index contributed by atoms with van der Waals surface area (Å²) in [5.74, 6) is -0.532. The Hall–Kier alpha value is -1.49. The second kappa shape index (κ2) is 3.50. The summed E-state index contributed by atoms with van der Waals surface area (Å²) in [6.45, 7) is 3.58. The third-order valence-electron chi connectivity index (χ3n) is 3.65. The largest absolute Gasteiger partial charge is 0.325 e. The number of rotatable bonds is 3. The van der Waals surface area contributed by atoms with Crippen LogP contribution in [0.5, 0.6) is 0 Å². The summed E-state index contributed by atoms with van der Waals surface area (Å²) in [6, 6.07) is 3.95. The summed E-state index contributed by atoms with van der Waals surface area (Å²) < 4.78 is 13.9. The topological polar surface area (TPSA) is 69.2 Å². The van der Waals surface area contributed by atoms with E-state index < -0.39 is 21.7 Å². The number of nitro benzene ring substituents is 1. The van der Waals surface area contributed by atoms with Gasteiger partial charge in [-0.25, -0.2) is 4.39 Å². The minimum absolute atomic E-state index is 0.164. The molecular weight excluding hydrogens is 223 g/mol. The second-order valence-corrected chi connectivity index (χ2v) is 5.19. The molecule has 4 nitrogen and oxygen atoms in total. The van der Waals surface area contributed by atoms with Crippen molar-refractivity contribution in [2.45, 2.75) is 37.6 Å². The molecule has 1 aliphatic carbocycles. The fourth-order valence-electron chi connectivity index (χ4n) is 2.48. The van der Waals surface area contributed by atoms with Gasteiger partial charge in [0, 0.05) is 17.0 Å². The van der Waals surface area contributed by atoms with E-state index in [9.17, 15) is 14.5 Å². The maximum atomic E-state index is 13.9. The van der Waals surface area contributed by atoms with Gasteiger partial charge < -0.3 is 5.73 Å². The van der Waals surface area contributed by atoms with E-state index in [1.807, 2.05) is 0 Å². The quantitative estimate of drug-likeness (QED) is 0.649. The van der Waals surface area contributed by atoms with Gasteiger partial charge in [-0.1, -0.05) is 6.07 Å². The first-order chi connectivity index (χ1) is 7.79. The van der Waals surface area contributed by atoms with Crippen LogP contribution in [0.15, 0.2) is 18.2 Å². The molecule has 0 bridgehead atoms. The molecule has 1 aromatic carbocycles. The molecule has 1 saturated carbocycles. The maximum absolute atomic E-state index is 13.9. The number of nitrogens with two attached hydrogens (primary N) is 1. The van der Waals surface area contributed by atoms with Crippen LogP contribution in [0.25, 0.3) is 0 Å². The van der Waals surface area contributed by atoms with Crippen LogP contribution in [-0.4, -0.2) is 10.5 Å². The summed E-state index contributed by atoms with van der Waals surface area (Å²) in [7, 11) is 0. The molecule has 0 heterocycles. The highest BCUT2D eigenvalue weighted by Gasteiger charge is 2.57. The standard InChI is InChI=1S/C12H15FN2O2/c1-11(2,14)12(6-7-12)10-8(13)4-3-5-9(10)15(16)17/h3-5H,6-7,14H2,1-2H3. The van der Waals surface area contributed by atoms with E-state index in [4.69, 9.17) is 5.73 Å². The number of benzene rings is 1. The maximum Gasteiger partial charge on any atom is 0.276 e. The minimum Gasteiger partial charge on any atom is -0.325 e. The van der Waals surface area contributed by atoms with Crippen molar-refractivity contribution >= 4 is 5.69 Å². The Morgan fingerprint density at radius 3 is 2.47 bits per heavy atom. The highest BCUT2D eigenvalue weighted by Crippen LogP contribution is 2.57. The van der Waals surface area contributed by atoms with Crippen molar-refractivity contribution in [3.05, 3.63) is 39.7 Å². The number of nitrogens with zero attached hydrogens (tertiary/aromatic N) is 1. The Morgan fingerprint density at radius 2 is 2.06 bits per heavy atom.